The number of aryl methyl sites for hydroxylation is 1. The number of fused-ring (bicyclic) bond motifs is 2. The SMILES string of the molecule is Cn1c(=O)c(Nc2ccc(Oc3ccccc3)cc2)c2c3c(c(Br)ccc31)C(=O)c1ccccc1-2. The van der Waals surface area contributed by atoms with Crippen LogP contribution in [0.15, 0.2) is 100 Å². The van der Waals surface area contributed by atoms with Crippen LogP contribution in [0.4, 0.5) is 11.4 Å². The number of aromatic nitrogens is 1. The van der Waals surface area contributed by atoms with Crippen LogP contribution in [-0.4, -0.2) is 10.4 Å². The number of hydrogen-bond acceptors (Lipinski definition) is 4. The maximum Gasteiger partial charge on any atom is 0.275 e. The van der Waals surface area contributed by atoms with E-state index >= 15 is 0 Å². The smallest absolute Gasteiger partial charge is 0.275 e. The third-order valence-corrected chi connectivity index (χ3v) is 6.94. The maximum absolute atomic E-state index is 13.6. The van der Waals surface area contributed by atoms with Gasteiger partial charge in [0, 0.05) is 39.3 Å². The lowest BCUT2D eigenvalue weighted by atomic mass is 9.83. The Morgan fingerprint density at radius 3 is 2.14 bits per heavy atom. The quantitative estimate of drug-likeness (QED) is 0.269. The van der Waals surface area contributed by atoms with E-state index in [0.29, 0.717) is 32.6 Å². The Bertz CT molecular complexity index is 1690. The average molecular weight is 523 g/mol. The van der Waals surface area contributed by atoms with Gasteiger partial charge in [-0.05, 0) is 54.1 Å². The van der Waals surface area contributed by atoms with Gasteiger partial charge in [0.25, 0.3) is 5.56 Å². The van der Waals surface area contributed by atoms with Crippen molar-refractivity contribution < 1.29 is 9.53 Å². The van der Waals surface area contributed by atoms with Gasteiger partial charge in [-0.2, -0.15) is 0 Å². The average Bonchev–Trinajstić information content (AvgIpc) is 2.88. The molecule has 1 aliphatic rings. The zero-order valence-electron chi connectivity index (χ0n) is 18.7. The first-order valence-electron chi connectivity index (χ1n) is 11.1. The zero-order chi connectivity index (χ0) is 24.1. The van der Waals surface area contributed by atoms with Crippen molar-refractivity contribution in [2.45, 2.75) is 0 Å². The molecule has 1 heterocycles. The predicted octanol–water partition coefficient (Wildman–Crippen LogP) is 7.05. The van der Waals surface area contributed by atoms with Crippen molar-refractivity contribution in [3.8, 4) is 22.6 Å². The Labute approximate surface area is 209 Å². The summed E-state index contributed by atoms with van der Waals surface area (Å²) in [6, 6.07) is 28.1. The molecular formula is C29H19BrN2O3. The van der Waals surface area contributed by atoms with Crippen molar-refractivity contribution in [2.75, 3.05) is 5.32 Å². The molecule has 0 saturated carbocycles. The minimum absolute atomic E-state index is 0.0578. The predicted molar refractivity (Wildman–Crippen MR) is 142 cm³/mol. The summed E-state index contributed by atoms with van der Waals surface area (Å²) < 4.78 is 8.18. The number of pyridine rings is 1. The lowest BCUT2D eigenvalue weighted by molar-refractivity contribution is 0.103. The second-order valence-electron chi connectivity index (χ2n) is 8.37. The molecule has 0 spiro atoms. The van der Waals surface area contributed by atoms with Crippen LogP contribution >= 0.6 is 15.9 Å². The lowest BCUT2D eigenvalue weighted by Gasteiger charge is -2.25. The maximum atomic E-state index is 13.6. The molecule has 1 aromatic heterocycles. The fourth-order valence-corrected chi connectivity index (χ4v) is 5.13. The van der Waals surface area contributed by atoms with E-state index in [9.17, 15) is 9.59 Å². The van der Waals surface area contributed by atoms with Crippen LogP contribution in [0.25, 0.3) is 22.0 Å². The molecule has 0 radical (unpaired) electrons. The summed E-state index contributed by atoms with van der Waals surface area (Å²) in [7, 11) is 1.73. The second kappa shape index (κ2) is 8.25. The van der Waals surface area contributed by atoms with Crippen LogP contribution in [0, 0.1) is 0 Å². The van der Waals surface area contributed by atoms with E-state index < -0.39 is 0 Å². The molecule has 170 valence electrons. The first-order chi connectivity index (χ1) is 17.0. The van der Waals surface area contributed by atoms with Crippen molar-refractivity contribution in [2.24, 2.45) is 7.05 Å². The minimum Gasteiger partial charge on any atom is -0.457 e. The summed E-state index contributed by atoms with van der Waals surface area (Å²) in [6.07, 6.45) is 0. The fourth-order valence-electron chi connectivity index (χ4n) is 4.62. The molecule has 0 bridgehead atoms. The third kappa shape index (κ3) is 3.45. The molecule has 1 N–H and O–H groups in total. The highest BCUT2D eigenvalue weighted by Gasteiger charge is 2.31. The normalized spacial score (nSPS) is 11.9. The molecule has 0 atom stereocenters. The largest absolute Gasteiger partial charge is 0.457 e. The number of hydrogen-bond donors (Lipinski definition) is 1. The second-order valence-corrected chi connectivity index (χ2v) is 9.22. The Kier molecular flexibility index (Phi) is 5.04. The van der Waals surface area contributed by atoms with Crippen LogP contribution in [0.2, 0.25) is 0 Å². The summed E-state index contributed by atoms with van der Waals surface area (Å²) in [5.74, 6) is 1.38. The van der Waals surface area contributed by atoms with E-state index in [1.54, 1.807) is 11.6 Å². The number of halogens is 1. The molecule has 0 unspecified atom stereocenters. The van der Waals surface area contributed by atoms with E-state index in [4.69, 9.17) is 4.74 Å². The highest BCUT2D eigenvalue weighted by molar-refractivity contribution is 9.10. The summed E-state index contributed by atoms with van der Waals surface area (Å²) in [4.78, 5) is 27.0. The number of ketones is 1. The number of nitrogens with zero attached hydrogens (tertiary/aromatic N) is 1. The highest BCUT2D eigenvalue weighted by atomic mass is 79.9. The van der Waals surface area contributed by atoms with Gasteiger partial charge in [-0.3, -0.25) is 9.59 Å². The zero-order valence-corrected chi connectivity index (χ0v) is 20.3. The lowest BCUT2D eigenvalue weighted by Crippen LogP contribution is -2.24. The molecule has 0 fully saturated rings. The van der Waals surface area contributed by atoms with Crippen LogP contribution in [-0.2, 0) is 7.05 Å². The number of rotatable bonds is 4. The first-order valence-corrected chi connectivity index (χ1v) is 11.9. The summed E-state index contributed by atoms with van der Waals surface area (Å²) >= 11 is 3.56. The Morgan fingerprint density at radius 1 is 0.743 bits per heavy atom. The number of carbonyl (C=O) groups is 1. The number of para-hydroxylation sites is 1. The molecule has 5 nitrogen and oxygen atoms in total. The molecule has 5 aromatic rings. The number of nitrogens with one attached hydrogen (secondary N) is 1. The standard InChI is InChI=1S/C29H19BrN2O3/c1-32-23-16-15-22(30)25-26(23)24(20-9-5-6-10-21(20)28(25)33)27(29(32)34)31-17-11-13-19(14-12-17)35-18-7-3-2-4-8-18/h2-16,31H,1H3. The molecule has 0 saturated heterocycles. The molecule has 0 amide bonds. The summed E-state index contributed by atoms with van der Waals surface area (Å²) in [5.41, 5.74) is 4.34. The number of anilines is 2. The van der Waals surface area contributed by atoms with Gasteiger partial charge in [0.1, 0.15) is 17.2 Å². The van der Waals surface area contributed by atoms with Gasteiger partial charge in [-0.1, -0.05) is 58.4 Å². The van der Waals surface area contributed by atoms with Crippen molar-refractivity contribution >= 4 is 44.0 Å². The van der Waals surface area contributed by atoms with Crippen LogP contribution in [0.5, 0.6) is 11.5 Å². The molecule has 6 rings (SSSR count). The topological polar surface area (TPSA) is 60.3 Å². The molecular weight excluding hydrogens is 504 g/mol. The van der Waals surface area contributed by atoms with Gasteiger partial charge in [-0.15, -0.1) is 0 Å². The Balaban J connectivity index is 1.51. The third-order valence-electron chi connectivity index (χ3n) is 6.28. The monoisotopic (exact) mass is 522 g/mol. The van der Waals surface area contributed by atoms with E-state index in [1.165, 1.54) is 0 Å². The van der Waals surface area contributed by atoms with Gasteiger partial charge in [0.2, 0.25) is 0 Å². The van der Waals surface area contributed by atoms with Crippen molar-refractivity contribution in [3.63, 3.8) is 0 Å². The fraction of sp³-hybridized carbons (Fsp3) is 0.0345. The first kappa shape index (κ1) is 21.4. The van der Waals surface area contributed by atoms with E-state index in [1.807, 2.05) is 91.0 Å². The van der Waals surface area contributed by atoms with Gasteiger partial charge in [0.15, 0.2) is 5.78 Å². The van der Waals surface area contributed by atoms with E-state index in [2.05, 4.69) is 21.2 Å². The number of ether oxygens (including phenoxy) is 1. The summed E-state index contributed by atoms with van der Waals surface area (Å²) in [5, 5.41) is 4.10. The van der Waals surface area contributed by atoms with Crippen LogP contribution < -0.4 is 15.6 Å². The van der Waals surface area contributed by atoms with Gasteiger partial charge >= 0.3 is 0 Å². The Morgan fingerprint density at radius 2 is 1.40 bits per heavy atom. The molecule has 4 aromatic carbocycles. The number of benzene rings is 4. The van der Waals surface area contributed by atoms with Crippen LogP contribution in [0.3, 0.4) is 0 Å². The highest BCUT2D eigenvalue weighted by Crippen LogP contribution is 2.45. The minimum atomic E-state index is -0.172. The van der Waals surface area contributed by atoms with Crippen molar-refractivity contribution in [1.82, 2.24) is 4.57 Å². The summed E-state index contributed by atoms with van der Waals surface area (Å²) in [6.45, 7) is 0. The van der Waals surface area contributed by atoms with Gasteiger partial charge in [0.05, 0.1) is 5.52 Å². The van der Waals surface area contributed by atoms with Crippen LogP contribution in [0.1, 0.15) is 15.9 Å². The van der Waals surface area contributed by atoms with Gasteiger partial charge in [-0.25, -0.2) is 0 Å². The molecule has 1 aliphatic carbocycles. The number of carbonyl (C=O) groups excluding carboxylic acids is 1. The van der Waals surface area contributed by atoms with Crippen molar-refractivity contribution in [1.29, 1.82) is 0 Å². The van der Waals surface area contributed by atoms with E-state index in [-0.39, 0.29) is 11.3 Å². The van der Waals surface area contributed by atoms with Crippen molar-refractivity contribution in [3.05, 3.63) is 117 Å². The molecule has 0 aliphatic heterocycles. The molecule has 35 heavy (non-hydrogen) atoms. The van der Waals surface area contributed by atoms with E-state index in [0.717, 1.165) is 28.0 Å². The Hall–Kier alpha value is -4.16. The van der Waals surface area contributed by atoms with Gasteiger partial charge < -0.3 is 14.6 Å². The molecule has 6 heteroatoms.